The molecule has 1 heterocycles. The van der Waals surface area contributed by atoms with Gasteiger partial charge < -0.3 is 5.73 Å². The van der Waals surface area contributed by atoms with Crippen LogP contribution in [0.25, 0.3) is 10.9 Å². The number of hydrogen-bond acceptors (Lipinski definition) is 2. The SMILES string of the molecule is CC(C)(N)c1ccnc2ccccc12. The fourth-order valence-electron chi connectivity index (χ4n) is 1.66. The number of nitrogens with zero attached hydrogens (tertiary/aromatic N) is 1. The van der Waals surface area contributed by atoms with E-state index in [1.54, 1.807) is 0 Å². The van der Waals surface area contributed by atoms with E-state index >= 15 is 0 Å². The average Bonchev–Trinajstić information content (AvgIpc) is 2.15. The van der Waals surface area contributed by atoms with Crippen molar-refractivity contribution in [1.82, 2.24) is 4.98 Å². The van der Waals surface area contributed by atoms with Crippen LogP contribution in [0.3, 0.4) is 0 Å². The van der Waals surface area contributed by atoms with Crippen molar-refractivity contribution in [2.24, 2.45) is 5.73 Å². The zero-order chi connectivity index (χ0) is 10.2. The van der Waals surface area contributed by atoms with E-state index < -0.39 is 0 Å². The molecule has 2 nitrogen and oxygen atoms in total. The highest BCUT2D eigenvalue weighted by molar-refractivity contribution is 5.82. The van der Waals surface area contributed by atoms with Gasteiger partial charge in [-0.3, -0.25) is 4.98 Å². The zero-order valence-electron chi connectivity index (χ0n) is 8.49. The molecule has 1 aromatic heterocycles. The van der Waals surface area contributed by atoms with Crippen LogP contribution in [0.1, 0.15) is 19.4 Å². The number of pyridine rings is 1. The third kappa shape index (κ3) is 1.49. The second-order valence-electron chi connectivity index (χ2n) is 4.10. The van der Waals surface area contributed by atoms with Crippen molar-refractivity contribution in [3.8, 4) is 0 Å². The Balaban J connectivity index is 2.78. The maximum absolute atomic E-state index is 6.10. The van der Waals surface area contributed by atoms with Crippen molar-refractivity contribution in [2.75, 3.05) is 0 Å². The van der Waals surface area contributed by atoms with E-state index in [1.165, 1.54) is 0 Å². The lowest BCUT2D eigenvalue weighted by Gasteiger charge is -2.20. The molecule has 2 N–H and O–H groups in total. The molecule has 0 spiro atoms. The van der Waals surface area contributed by atoms with Gasteiger partial charge in [-0.05, 0) is 31.5 Å². The van der Waals surface area contributed by atoms with Crippen LogP contribution in [0.15, 0.2) is 36.5 Å². The van der Waals surface area contributed by atoms with Crippen LogP contribution in [-0.4, -0.2) is 4.98 Å². The van der Waals surface area contributed by atoms with Crippen molar-refractivity contribution in [3.05, 3.63) is 42.1 Å². The number of aromatic nitrogens is 1. The van der Waals surface area contributed by atoms with E-state index in [1.807, 2.05) is 44.3 Å². The lowest BCUT2D eigenvalue weighted by atomic mass is 9.93. The normalized spacial score (nSPS) is 11.9. The Labute approximate surface area is 83.8 Å². The fourth-order valence-corrected chi connectivity index (χ4v) is 1.66. The van der Waals surface area contributed by atoms with Gasteiger partial charge in [-0.25, -0.2) is 0 Å². The Morgan fingerprint density at radius 1 is 1.14 bits per heavy atom. The van der Waals surface area contributed by atoms with Gasteiger partial charge in [-0.15, -0.1) is 0 Å². The number of nitrogens with two attached hydrogens (primary N) is 1. The topological polar surface area (TPSA) is 38.9 Å². The van der Waals surface area contributed by atoms with Gasteiger partial charge in [0.15, 0.2) is 0 Å². The zero-order valence-corrected chi connectivity index (χ0v) is 8.49. The van der Waals surface area contributed by atoms with Crippen molar-refractivity contribution in [3.63, 3.8) is 0 Å². The van der Waals surface area contributed by atoms with Crippen molar-refractivity contribution < 1.29 is 0 Å². The van der Waals surface area contributed by atoms with E-state index in [4.69, 9.17) is 5.73 Å². The highest BCUT2D eigenvalue weighted by Crippen LogP contribution is 2.24. The average molecular weight is 186 g/mol. The molecule has 0 saturated carbocycles. The molecular weight excluding hydrogens is 172 g/mol. The highest BCUT2D eigenvalue weighted by atomic mass is 14.7. The molecule has 0 fully saturated rings. The largest absolute Gasteiger partial charge is 0.322 e. The summed E-state index contributed by atoms with van der Waals surface area (Å²) in [4.78, 5) is 4.30. The quantitative estimate of drug-likeness (QED) is 0.742. The van der Waals surface area contributed by atoms with Gasteiger partial charge >= 0.3 is 0 Å². The summed E-state index contributed by atoms with van der Waals surface area (Å²) >= 11 is 0. The Bertz CT molecular complexity index is 450. The van der Waals surface area contributed by atoms with Crippen molar-refractivity contribution in [2.45, 2.75) is 19.4 Å². The summed E-state index contributed by atoms with van der Waals surface area (Å²) in [5.74, 6) is 0. The summed E-state index contributed by atoms with van der Waals surface area (Å²) in [6.07, 6.45) is 1.81. The van der Waals surface area contributed by atoms with E-state index in [0.717, 1.165) is 16.5 Å². The minimum absolute atomic E-state index is 0.317. The lowest BCUT2D eigenvalue weighted by Crippen LogP contribution is -2.28. The Kier molecular flexibility index (Phi) is 2.01. The van der Waals surface area contributed by atoms with Crippen LogP contribution in [0.4, 0.5) is 0 Å². The number of hydrogen-bond donors (Lipinski definition) is 1. The smallest absolute Gasteiger partial charge is 0.0705 e. The van der Waals surface area contributed by atoms with Crippen LogP contribution >= 0.6 is 0 Å². The summed E-state index contributed by atoms with van der Waals surface area (Å²) in [7, 11) is 0. The first-order valence-corrected chi connectivity index (χ1v) is 4.72. The van der Waals surface area contributed by atoms with Gasteiger partial charge in [0.25, 0.3) is 0 Å². The standard InChI is InChI=1S/C12H14N2/c1-12(2,13)10-7-8-14-11-6-4-3-5-9(10)11/h3-8H,13H2,1-2H3. The molecule has 2 rings (SSSR count). The molecule has 0 bridgehead atoms. The Morgan fingerprint density at radius 2 is 1.86 bits per heavy atom. The minimum Gasteiger partial charge on any atom is -0.322 e. The molecule has 0 aliphatic rings. The molecule has 0 unspecified atom stereocenters. The number of fused-ring (bicyclic) bond motifs is 1. The molecule has 14 heavy (non-hydrogen) atoms. The van der Waals surface area contributed by atoms with Gasteiger partial charge in [-0.1, -0.05) is 18.2 Å². The molecule has 0 aliphatic carbocycles. The number of rotatable bonds is 1. The summed E-state index contributed by atoms with van der Waals surface area (Å²) in [6.45, 7) is 4.02. The number of para-hydroxylation sites is 1. The summed E-state index contributed by atoms with van der Waals surface area (Å²) in [5, 5.41) is 1.14. The van der Waals surface area contributed by atoms with E-state index in [-0.39, 0.29) is 5.54 Å². The van der Waals surface area contributed by atoms with Crippen LogP contribution < -0.4 is 5.73 Å². The van der Waals surface area contributed by atoms with Gasteiger partial charge in [-0.2, -0.15) is 0 Å². The summed E-state index contributed by atoms with van der Waals surface area (Å²) < 4.78 is 0. The third-order valence-corrected chi connectivity index (χ3v) is 2.34. The monoisotopic (exact) mass is 186 g/mol. The Morgan fingerprint density at radius 3 is 2.57 bits per heavy atom. The first kappa shape index (κ1) is 9.16. The summed E-state index contributed by atoms with van der Waals surface area (Å²) in [5.41, 5.74) is 7.92. The molecule has 2 heteroatoms. The molecule has 0 amide bonds. The van der Waals surface area contributed by atoms with Gasteiger partial charge in [0.2, 0.25) is 0 Å². The van der Waals surface area contributed by atoms with Gasteiger partial charge in [0.05, 0.1) is 5.52 Å². The molecular formula is C12H14N2. The third-order valence-electron chi connectivity index (χ3n) is 2.34. The maximum atomic E-state index is 6.10. The number of benzene rings is 1. The molecule has 72 valence electrons. The van der Waals surface area contributed by atoms with Crippen molar-refractivity contribution in [1.29, 1.82) is 0 Å². The second-order valence-corrected chi connectivity index (χ2v) is 4.10. The van der Waals surface area contributed by atoms with Crippen LogP contribution in [0.2, 0.25) is 0 Å². The molecule has 1 aromatic carbocycles. The van der Waals surface area contributed by atoms with Gasteiger partial charge in [0.1, 0.15) is 0 Å². The molecule has 0 saturated heterocycles. The van der Waals surface area contributed by atoms with E-state index in [9.17, 15) is 0 Å². The first-order valence-electron chi connectivity index (χ1n) is 4.72. The lowest BCUT2D eigenvalue weighted by molar-refractivity contribution is 0.559. The second kappa shape index (κ2) is 3.07. The predicted octanol–water partition coefficient (Wildman–Crippen LogP) is 2.43. The van der Waals surface area contributed by atoms with Crippen LogP contribution in [0, 0.1) is 0 Å². The summed E-state index contributed by atoms with van der Waals surface area (Å²) in [6, 6.07) is 10.1. The fraction of sp³-hybridized carbons (Fsp3) is 0.250. The van der Waals surface area contributed by atoms with Gasteiger partial charge in [0, 0.05) is 17.1 Å². The highest BCUT2D eigenvalue weighted by Gasteiger charge is 2.16. The van der Waals surface area contributed by atoms with E-state index in [2.05, 4.69) is 11.1 Å². The van der Waals surface area contributed by atoms with E-state index in [0.29, 0.717) is 0 Å². The molecule has 0 radical (unpaired) electrons. The van der Waals surface area contributed by atoms with Crippen LogP contribution in [0.5, 0.6) is 0 Å². The predicted molar refractivity (Wildman–Crippen MR) is 59.0 cm³/mol. The molecule has 0 atom stereocenters. The Hall–Kier alpha value is -1.41. The van der Waals surface area contributed by atoms with Crippen molar-refractivity contribution >= 4 is 10.9 Å². The minimum atomic E-state index is -0.317. The maximum Gasteiger partial charge on any atom is 0.0705 e. The molecule has 2 aromatic rings. The molecule has 0 aliphatic heterocycles. The van der Waals surface area contributed by atoms with Crippen LogP contribution in [-0.2, 0) is 5.54 Å². The first-order chi connectivity index (χ1) is 6.59.